The predicted molar refractivity (Wildman–Crippen MR) is 73.7 cm³/mol. The summed E-state index contributed by atoms with van der Waals surface area (Å²) in [6.07, 6.45) is 1.46. The van der Waals surface area contributed by atoms with Crippen LogP contribution in [0.1, 0.15) is 10.4 Å². The van der Waals surface area contributed by atoms with Gasteiger partial charge in [0.1, 0.15) is 11.5 Å². The van der Waals surface area contributed by atoms with E-state index in [9.17, 15) is 13.2 Å². The summed E-state index contributed by atoms with van der Waals surface area (Å²) in [6, 6.07) is 4.26. The molecule has 0 aromatic heterocycles. The van der Waals surface area contributed by atoms with Crippen LogP contribution >= 0.6 is 0 Å². The Kier molecular flexibility index (Phi) is 3.99. The zero-order chi connectivity index (χ0) is 14.8. The van der Waals surface area contributed by atoms with Crippen LogP contribution in [0.4, 0.5) is 0 Å². The molecule has 20 heavy (non-hydrogen) atoms. The van der Waals surface area contributed by atoms with Crippen molar-refractivity contribution >= 4 is 15.7 Å². The van der Waals surface area contributed by atoms with Gasteiger partial charge in [0.05, 0.1) is 26.0 Å². The van der Waals surface area contributed by atoms with Gasteiger partial charge in [0.2, 0.25) is 0 Å². The monoisotopic (exact) mass is 297 g/mol. The highest BCUT2D eigenvalue weighted by Crippen LogP contribution is 2.22. The standard InChI is InChI=1S/C13H15NO5S/c1-18-11-5-9(6-12(7-11)19-2)13(15)14-10-3-4-20(16,17)8-10/h3-7,10H,8H2,1-2H3,(H,14,15)/t10-/m0/s1. The lowest BCUT2D eigenvalue weighted by atomic mass is 10.1. The number of carbonyl (C=O) groups excluding carboxylic acids is 1. The molecule has 0 saturated heterocycles. The molecule has 0 bridgehead atoms. The maximum Gasteiger partial charge on any atom is 0.252 e. The van der Waals surface area contributed by atoms with Crippen molar-refractivity contribution in [3.8, 4) is 11.5 Å². The zero-order valence-electron chi connectivity index (χ0n) is 11.1. The van der Waals surface area contributed by atoms with Gasteiger partial charge in [0, 0.05) is 17.0 Å². The summed E-state index contributed by atoms with van der Waals surface area (Å²) in [5.41, 5.74) is 0.346. The Morgan fingerprint density at radius 1 is 1.20 bits per heavy atom. The number of amides is 1. The van der Waals surface area contributed by atoms with E-state index in [0.29, 0.717) is 17.1 Å². The van der Waals surface area contributed by atoms with Crippen LogP contribution in [-0.4, -0.2) is 40.3 Å². The van der Waals surface area contributed by atoms with Gasteiger partial charge < -0.3 is 14.8 Å². The molecule has 2 rings (SSSR count). The first-order chi connectivity index (χ1) is 9.43. The number of hydrogen-bond donors (Lipinski definition) is 1. The quantitative estimate of drug-likeness (QED) is 0.886. The zero-order valence-corrected chi connectivity index (χ0v) is 11.9. The summed E-state index contributed by atoms with van der Waals surface area (Å²) in [5, 5.41) is 3.75. The maximum atomic E-state index is 12.1. The SMILES string of the molecule is COc1cc(OC)cc(C(=O)N[C@H]2C=CS(=O)(=O)C2)c1. The third-order valence-electron chi connectivity index (χ3n) is 2.86. The first-order valence-electron chi connectivity index (χ1n) is 5.88. The van der Waals surface area contributed by atoms with Crippen LogP contribution in [0.25, 0.3) is 0 Å². The Morgan fingerprint density at radius 2 is 1.80 bits per heavy atom. The molecule has 1 aromatic carbocycles. The maximum absolute atomic E-state index is 12.1. The average molecular weight is 297 g/mol. The number of nitrogens with one attached hydrogen (secondary N) is 1. The minimum atomic E-state index is -3.19. The Hall–Kier alpha value is -2.02. The normalized spacial score (nSPS) is 19.6. The fourth-order valence-corrected chi connectivity index (χ4v) is 3.09. The smallest absolute Gasteiger partial charge is 0.252 e. The van der Waals surface area contributed by atoms with Crippen LogP contribution in [0.3, 0.4) is 0 Å². The van der Waals surface area contributed by atoms with Crippen LogP contribution in [0.5, 0.6) is 11.5 Å². The predicted octanol–water partition coefficient (Wildman–Crippen LogP) is 0.744. The van der Waals surface area contributed by atoms with Crippen LogP contribution in [-0.2, 0) is 9.84 Å². The van der Waals surface area contributed by atoms with Crippen molar-refractivity contribution in [2.45, 2.75) is 6.04 Å². The third-order valence-corrected chi connectivity index (χ3v) is 4.26. The van der Waals surface area contributed by atoms with Crippen molar-refractivity contribution in [2.75, 3.05) is 20.0 Å². The molecule has 0 unspecified atom stereocenters. The van der Waals surface area contributed by atoms with E-state index in [-0.39, 0.29) is 11.7 Å². The molecule has 1 heterocycles. The molecule has 1 aromatic rings. The van der Waals surface area contributed by atoms with Gasteiger partial charge in [-0.25, -0.2) is 8.42 Å². The molecule has 1 N–H and O–H groups in total. The molecule has 1 aliphatic heterocycles. The Bertz CT molecular complexity index is 628. The molecule has 1 atom stereocenters. The summed E-state index contributed by atoms with van der Waals surface area (Å²) >= 11 is 0. The van der Waals surface area contributed by atoms with Crippen molar-refractivity contribution in [3.63, 3.8) is 0 Å². The van der Waals surface area contributed by atoms with Crippen LogP contribution < -0.4 is 14.8 Å². The number of sulfone groups is 1. The molecule has 0 spiro atoms. The van der Waals surface area contributed by atoms with Crippen LogP contribution in [0.15, 0.2) is 29.7 Å². The van der Waals surface area contributed by atoms with Crippen molar-refractivity contribution in [1.29, 1.82) is 0 Å². The second-order valence-corrected chi connectivity index (χ2v) is 6.27. The first kappa shape index (κ1) is 14.4. The summed E-state index contributed by atoms with van der Waals surface area (Å²) in [4.78, 5) is 12.1. The second kappa shape index (κ2) is 5.54. The number of rotatable bonds is 4. The molecule has 7 heteroatoms. The molecule has 0 radical (unpaired) electrons. The fraction of sp³-hybridized carbons (Fsp3) is 0.308. The van der Waals surface area contributed by atoms with E-state index in [1.807, 2.05) is 0 Å². The molecular formula is C13H15NO5S. The molecule has 0 aliphatic carbocycles. The van der Waals surface area contributed by atoms with E-state index in [4.69, 9.17) is 9.47 Å². The number of ether oxygens (including phenoxy) is 2. The van der Waals surface area contributed by atoms with Crippen molar-refractivity contribution in [3.05, 3.63) is 35.2 Å². The highest BCUT2D eigenvalue weighted by atomic mass is 32.2. The van der Waals surface area contributed by atoms with E-state index in [1.165, 1.54) is 20.3 Å². The minimum absolute atomic E-state index is 0.111. The van der Waals surface area contributed by atoms with Gasteiger partial charge in [-0.2, -0.15) is 0 Å². The van der Waals surface area contributed by atoms with Gasteiger partial charge in [0.25, 0.3) is 5.91 Å². The van der Waals surface area contributed by atoms with Gasteiger partial charge >= 0.3 is 0 Å². The van der Waals surface area contributed by atoms with Crippen molar-refractivity contribution in [1.82, 2.24) is 5.32 Å². The lowest BCUT2D eigenvalue weighted by Crippen LogP contribution is -2.35. The largest absolute Gasteiger partial charge is 0.497 e. The van der Waals surface area contributed by atoms with Gasteiger partial charge in [-0.1, -0.05) is 0 Å². The van der Waals surface area contributed by atoms with E-state index in [1.54, 1.807) is 18.2 Å². The molecule has 1 aliphatic rings. The second-order valence-electron chi connectivity index (χ2n) is 4.34. The Morgan fingerprint density at radius 3 is 2.25 bits per heavy atom. The van der Waals surface area contributed by atoms with Gasteiger partial charge in [-0.15, -0.1) is 0 Å². The Labute approximate surface area is 117 Å². The topological polar surface area (TPSA) is 81.7 Å². The van der Waals surface area contributed by atoms with Gasteiger partial charge in [0.15, 0.2) is 9.84 Å². The highest BCUT2D eigenvalue weighted by Gasteiger charge is 2.23. The summed E-state index contributed by atoms with van der Waals surface area (Å²) in [7, 11) is -0.216. The average Bonchev–Trinajstić information content (AvgIpc) is 2.77. The number of methoxy groups -OCH3 is 2. The molecular weight excluding hydrogens is 282 g/mol. The van der Waals surface area contributed by atoms with E-state index >= 15 is 0 Å². The summed E-state index contributed by atoms with van der Waals surface area (Å²) in [5.74, 6) is 0.488. The fourth-order valence-electron chi connectivity index (χ4n) is 1.86. The summed E-state index contributed by atoms with van der Waals surface area (Å²) < 4.78 is 32.7. The molecule has 108 valence electrons. The molecule has 0 fully saturated rings. The lowest BCUT2D eigenvalue weighted by Gasteiger charge is -2.12. The van der Waals surface area contributed by atoms with Crippen LogP contribution in [0, 0.1) is 0 Å². The number of carbonyl (C=O) groups is 1. The summed E-state index contributed by atoms with van der Waals surface area (Å²) in [6.45, 7) is 0. The van der Waals surface area contributed by atoms with E-state index in [0.717, 1.165) is 5.41 Å². The lowest BCUT2D eigenvalue weighted by molar-refractivity contribution is 0.0947. The third kappa shape index (κ3) is 3.30. The van der Waals surface area contributed by atoms with Gasteiger partial charge in [-0.3, -0.25) is 4.79 Å². The number of hydrogen-bond acceptors (Lipinski definition) is 5. The molecule has 0 saturated carbocycles. The minimum Gasteiger partial charge on any atom is -0.497 e. The number of benzene rings is 1. The van der Waals surface area contributed by atoms with Crippen molar-refractivity contribution < 1.29 is 22.7 Å². The van der Waals surface area contributed by atoms with E-state index < -0.39 is 15.9 Å². The first-order valence-corrected chi connectivity index (χ1v) is 7.60. The molecule has 1 amide bonds. The highest BCUT2D eigenvalue weighted by molar-refractivity contribution is 7.94. The van der Waals surface area contributed by atoms with Crippen molar-refractivity contribution in [2.24, 2.45) is 0 Å². The van der Waals surface area contributed by atoms with E-state index in [2.05, 4.69) is 5.32 Å². The van der Waals surface area contributed by atoms with Crippen LogP contribution in [0.2, 0.25) is 0 Å². The Balaban J connectivity index is 2.15. The van der Waals surface area contributed by atoms with Gasteiger partial charge in [-0.05, 0) is 18.2 Å². The molecule has 6 nitrogen and oxygen atoms in total.